The van der Waals surface area contributed by atoms with Crippen molar-refractivity contribution < 1.29 is 9.53 Å². The fourth-order valence-corrected chi connectivity index (χ4v) is 4.88. The predicted molar refractivity (Wildman–Crippen MR) is 145 cm³/mol. The number of carbonyl (C=O) groups is 1. The molecule has 8 nitrogen and oxygen atoms in total. The molecule has 0 saturated heterocycles. The lowest BCUT2D eigenvalue weighted by molar-refractivity contribution is 0.0730. The number of ether oxygens (including phenoxy) is 1. The predicted octanol–water partition coefficient (Wildman–Crippen LogP) is 6.09. The molecule has 1 amide bonds. The first kappa shape index (κ1) is 24.8. The standard InChI is InChI=1S/C28H29ClN6O2/c1-17(2)35-14-13-23(33-35)26-21(29)16-30-28(32-26)31-22-11-9-19(15-25(22)37-4)27(36)34(3)24-12-10-18-7-5-6-8-20(18)24/h5-9,11,13-17,24H,10,12H2,1-4H3,(H,30,31,32). The highest BCUT2D eigenvalue weighted by Gasteiger charge is 2.29. The number of anilines is 2. The third-order valence-corrected chi connectivity index (χ3v) is 6.98. The van der Waals surface area contributed by atoms with Crippen molar-refractivity contribution in [3.63, 3.8) is 0 Å². The number of amides is 1. The molecular weight excluding hydrogens is 488 g/mol. The Morgan fingerprint density at radius 2 is 2.03 bits per heavy atom. The van der Waals surface area contributed by atoms with E-state index in [1.165, 1.54) is 11.1 Å². The van der Waals surface area contributed by atoms with Crippen molar-refractivity contribution in [2.24, 2.45) is 0 Å². The van der Waals surface area contributed by atoms with Crippen LogP contribution in [0, 0.1) is 0 Å². The normalized spacial score (nSPS) is 14.5. The van der Waals surface area contributed by atoms with Crippen molar-refractivity contribution in [1.29, 1.82) is 0 Å². The van der Waals surface area contributed by atoms with Crippen molar-refractivity contribution in [3.8, 4) is 17.1 Å². The van der Waals surface area contributed by atoms with Crippen LogP contribution in [0.5, 0.6) is 5.75 Å². The Kier molecular flexibility index (Phi) is 6.84. The molecule has 5 rings (SSSR count). The highest BCUT2D eigenvalue weighted by molar-refractivity contribution is 6.32. The summed E-state index contributed by atoms with van der Waals surface area (Å²) in [4.78, 5) is 24.1. The van der Waals surface area contributed by atoms with Gasteiger partial charge in [-0.1, -0.05) is 35.9 Å². The van der Waals surface area contributed by atoms with E-state index in [4.69, 9.17) is 16.3 Å². The molecule has 1 atom stereocenters. The third-order valence-electron chi connectivity index (χ3n) is 6.71. The molecule has 0 radical (unpaired) electrons. The molecule has 9 heteroatoms. The van der Waals surface area contributed by atoms with E-state index in [0.717, 1.165) is 12.8 Å². The number of rotatable bonds is 7. The molecule has 0 fully saturated rings. The van der Waals surface area contributed by atoms with Crippen LogP contribution in [0.15, 0.2) is 60.9 Å². The lowest BCUT2D eigenvalue weighted by Crippen LogP contribution is -2.30. The number of aromatic nitrogens is 4. The van der Waals surface area contributed by atoms with Crippen molar-refractivity contribution in [2.45, 2.75) is 38.8 Å². The van der Waals surface area contributed by atoms with E-state index in [1.807, 2.05) is 41.0 Å². The fourth-order valence-electron chi connectivity index (χ4n) is 4.69. The second kappa shape index (κ2) is 10.2. The minimum absolute atomic E-state index is 0.0580. The topological polar surface area (TPSA) is 85.2 Å². The summed E-state index contributed by atoms with van der Waals surface area (Å²) in [6.07, 6.45) is 5.33. The van der Waals surface area contributed by atoms with Gasteiger partial charge in [0.25, 0.3) is 5.91 Å². The molecule has 2 aromatic heterocycles. The molecule has 190 valence electrons. The number of fused-ring (bicyclic) bond motifs is 1. The summed E-state index contributed by atoms with van der Waals surface area (Å²) in [5.41, 5.74) is 4.90. The Morgan fingerprint density at radius 1 is 1.22 bits per heavy atom. The zero-order valence-corrected chi connectivity index (χ0v) is 22.0. The van der Waals surface area contributed by atoms with Gasteiger partial charge in [0, 0.05) is 24.8 Å². The first-order valence-corrected chi connectivity index (χ1v) is 12.6. The van der Waals surface area contributed by atoms with E-state index >= 15 is 0 Å². The number of benzene rings is 2. The minimum atomic E-state index is -0.0580. The lowest BCUT2D eigenvalue weighted by Gasteiger charge is -2.26. The Labute approximate surface area is 221 Å². The molecule has 0 saturated carbocycles. The van der Waals surface area contributed by atoms with E-state index < -0.39 is 0 Å². The Balaban J connectivity index is 1.37. The summed E-state index contributed by atoms with van der Waals surface area (Å²) >= 11 is 6.38. The fraction of sp³-hybridized carbons (Fsp3) is 0.286. The van der Waals surface area contributed by atoms with Gasteiger partial charge in [0.2, 0.25) is 5.95 Å². The van der Waals surface area contributed by atoms with Crippen LogP contribution in [-0.2, 0) is 6.42 Å². The largest absolute Gasteiger partial charge is 0.495 e. The monoisotopic (exact) mass is 516 g/mol. The molecule has 1 N–H and O–H groups in total. The maximum atomic E-state index is 13.4. The zero-order valence-electron chi connectivity index (χ0n) is 21.3. The Morgan fingerprint density at radius 3 is 2.78 bits per heavy atom. The number of nitrogens with one attached hydrogen (secondary N) is 1. The molecule has 1 aliphatic rings. The summed E-state index contributed by atoms with van der Waals surface area (Å²) in [7, 11) is 3.43. The summed E-state index contributed by atoms with van der Waals surface area (Å²) in [6, 6.07) is 15.8. The lowest BCUT2D eigenvalue weighted by atomic mass is 10.1. The maximum absolute atomic E-state index is 13.4. The average Bonchev–Trinajstić information content (AvgIpc) is 3.57. The number of nitrogens with zero attached hydrogens (tertiary/aromatic N) is 5. The van der Waals surface area contributed by atoms with Gasteiger partial charge >= 0.3 is 0 Å². The van der Waals surface area contributed by atoms with E-state index in [0.29, 0.717) is 39.4 Å². The summed E-state index contributed by atoms with van der Waals surface area (Å²) in [5, 5.41) is 8.16. The maximum Gasteiger partial charge on any atom is 0.254 e. The molecule has 1 aliphatic carbocycles. The average molecular weight is 517 g/mol. The molecule has 4 aromatic rings. The van der Waals surface area contributed by atoms with Gasteiger partial charge in [0.1, 0.15) is 17.1 Å². The van der Waals surface area contributed by atoms with E-state index in [1.54, 1.807) is 31.5 Å². The van der Waals surface area contributed by atoms with Crippen LogP contribution in [0.25, 0.3) is 11.4 Å². The van der Waals surface area contributed by atoms with Gasteiger partial charge in [-0.15, -0.1) is 0 Å². The Hall–Kier alpha value is -3.91. The van der Waals surface area contributed by atoms with Crippen LogP contribution in [0.2, 0.25) is 5.02 Å². The highest BCUT2D eigenvalue weighted by atomic mass is 35.5. The first-order chi connectivity index (χ1) is 17.9. The summed E-state index contributed by atoms with van der Waals surface area (Å²) in [6.45, 7) is 4.10. The molecule has 37 heavy (non-hydrogen) atoms. The first-order valence-electron chi connectivity index (χ1n) is 12.2. The molecule has 0 aliphatic heterocycles. The van der Waals surface area contributed by atoms with Gasteiger partial charge in [-0.3, -0.25) is 9.48 Å². The molecule has 2 heterocycles. The third kappa shape index (κ3) is 4.89. The van der Waals surface area contributed by atoms with Crippen LogP contribution in [0.3, 0.4) is 0 Å². The van der Waals surface area contributed by atoms with Crippen LogP contribution in [-0.4, -0.2) is 44.7 Å². The van der Waals surface area contributed by atoms with Gasteiger partial charge in [-0.05, 0) is 62.1 Å². The molecule has 2 aromatic carbocycles. The second-order valence-corrected chi connectivity index (χ2v) is 9.78. The number of halogens is 1. The number of methoxy groups -OCH3 is 1. The van der Waals surface area contributed by atoms with E-state index in [9.17, 15) is 4.79 Å². The van der Waals surface area contributed by atoms with Gasteiger partial charge < -0.3 is 15.0 Å². The van der Waals surface area contributed by atoms with Crippen LogP contribution < -0.4 is 10.1 Å². The van der Waals surface area contributed by atoms with E-state index in [-0.39, 0.29) is 18.0 Å². The van der Waals surface area contributed by atoms with Crippen molar-refractivity contribution in [3.05, 3.63) is 82.6 Å². The summed E-state index contributed by atoms with van der Waals surface area (Å²) < 4.78 is 7.46. The molecular formula is C28H29ClN6O2. The molecule has 1 unspecified atom stereocenters. The quantitative estimate of drug-likeness (QED) is 0.320. The van der Waals surface area contributed by atoms with Crippen LogP contribution in [0.1, 0.15) is 53.8 Å². The number of hydrogen-bond acceptors (Lipinski definition) is 6. The molecule has 0 spiro atoms. The van der Waals surface area contributed by atoms with Crippen LogP contribution >= 0.6 is 11.6 Å². The van der Waals surface area contributed by atoms with Gasteiger partial charge in [-0.25, -0.2) is 9.97 Å². The Bertz CT molecular complexity index is 1450. The highest BCUT2D eigenvalue weighted by Crippen LogP contribution is 2.36. The van der Waals surface area contributed by atoms with E-state index in [2.05, 4.69) is 46.4 Å². The van der Waals surface area contributed by atoms with Gasteiger partial charge in [0.05, 0.1) is 30.1 Å². The van der Waals surface area contributed by atoms with Gasteiger partial charge in [-0.2, -0.15) is 5.10 Å². The second-order valence-electron chi connectivity index (χ2n) is 9.37. The molecule has 0 bridgehead atoms. The smallest absolute Gasteiger partial charge is 0.254 e. The SMILES string of the molecule is COc1cc(C(=O)N(C)C2CCc3ccccc32)ccc1Nc1ncc(Cl)c(-c2ccn(C(C)C)n2)n1. The minimum Gasteiger partial charge on any atom is -0.495 e. The van der Waals surface area contributed by atoms with Crippen molar-refractivity contribution in [2.75, 3.05) is 19.5 Å². The number of hydrogen-bond donors (Lipinski definition) is 1. The number of aryl methyl sites for hydroxylation is 1. The summed E-state index contributed by atoms with van der Waals surface area (Å²) in [5.74, 6) is 0.795. The number of carbonyl (C=O) groups excluding carboxylic acids is 1. The van der Waals surface area contributed by atoms with Crippen LogP contribution in [0.4, 0.5) is 11.6 Å². The zero-order chi connectivity index (χ0) is 26.1. The van der Waals surface area contributed by atoms with Crippen molar-refractivity contribution in [1.82, 2.24) is 24.6 Å². The van der Waals surface area contributed by atoms with Gasteiger partial charge in [0.15, 0.2) is 0 Å². The van der Waals surface area contributed by atoms with Crippen molar-refractivity contribution >= 4 is 29.1 Å².